The van der Waals surface area contributed by atoms with E-state index in [0.717, 1.165) is 6.42 Å². The topological polar surface area (TPSA) is 67.4 Å². The van der Waals surface area contributed by atoms with Gasteiger partial charge in [0.1, 0.15) is 5.75 Å². The first kappa shape index (κ1) is 18.0. The minimum atomic E-state index is -0.204. The molecule has 0 aromatic heterocycles. The molecular weight excluding hydrogens is 328 g/mol. The van der Waals surface area contributed by atoms with Gasteiger partial charge >= 0.3 is 0 Å². The van der Waals surface area contributed by atoms with E-state index in [4.69, 9.17) is 4.74 Å². The zero-order valence-corrected chi connectivity index (χ0v) is 15.3. The Balaban J connectivity index is 1.79. The van der Waals surface area contributed by atoms with Crippen LogP contribution in [0.4, 0.5) is 5.69 Å². The molecule has 0 saturated carbocycles. The van der Waals surface area contributed by atoms with Crippen LogP contribution in [0.5, 0.6) is 5.75 Å². The first-order valence-corrected chi connectivity index (χ1v) is 8.85. The van der Waals surface area contributed by atoms with Gasteiger partial charge in [0.2, 0.25) is 0 Å². The Labute approximate surface area is 153 Å². The molecule has 2 N–H and O–H groups in total. The van der Waals surface area contributed by atoms with E-state index in [1.807, 2.05) is 18.2 Å². The smallest absolute Gasteiger partial charge is 0.262 e. The van der Waals surface area contributed by atoms with E-state index in [0.29, 0.717) is 17.0 Å². The van der Waals surface area contributed by atoms with Crippen molar-refractivity contribution in [1.82, 2.24) is 5.32 Å². The number of hydrogen-bond acceptors (Lipinski definition) is 3. The van der Waals surface area contributed by atoms with Crippen LogP contribution in [0.25, 0.3) is 0 Å². The van der Waals surface area contributed by atoms with Crippen molar-refractivity contribution >= 4 is 17.5 Å². The molecule has 0 spiro atoms. The molecule has 1 unspecified atom stereocenters. The summed E-state index contributed by atoms with van der Waals surface area (Å²) in [7, 11) is 0. The zero-order chi connectivity index (χ0) is 18.7. The molecule has 0 bridgehead atoms. The molecule has 3 rings (SSSR count). The van der Waals surface area contributed by atoms with Crippen molar-refractivity contribution in [1.29, 1.82) is 0 Å². The Kier molecular flexibility index (Phi) is 4.98. The predicted molar refractivity (Wildman–Crippen MR) is 102 cm³/mol. The van der Waals surface area contributed by atoms with Gasteiger partial charge in [0, 0.05) is 17.0 Å². The lowest BCUT2D eigenvalue weighted by atomic mass is 9.76. The summed E-state index contributed by atoms with van der Waals surface area (Å²) in [5.74, 6) is 0.183. The maximum atomic E-state index is 12.8. The lowest BCUT2D eigenvalue weighted by Crippen LogP contribution is -2.47. The molecular formula is C21H24N2O3. The normalized spacial score (nSPS) is 14.7. The summed E-state index contributed by atoms with van der Waals surface area (Å²) in [6.07, 6.45) is 0.811. The number of nitrogens with one attached hydrogen (secondary N) is 2. The number of benzene rings is 2. The van der Waals surface area contributed by atoms with E-state index in [1.165, 1.54) is 5.56 Å². The minimum absolute atomic E-state index is 0.0194. The van der Waals surface area contributed by atoms with Gasteiger partial charge in [0.25, 0.3) is 11.8 Å². The van der Waals surface area contributed by atoms with Crippen molar-refractivity contribution in [2.75, 3.05) is 11.9 Å². The Morgan fingerprint density at radius 2 is 1.96 bits per heavy atom. The SMILES string of the molecule is CCC(NC(=O)c1ccc2c(c1)OCC(=O)N2)C(C)(C)c1ccccc1. The number of carbonyl (C=O) groups excluding carboxylic acids is 2. The van der Waals surface area contributed by atoms with Gasteiger partial charge in [0.05, 0.1) is 5.69 Å². The van der Waals surface area contributed by atoms with Crippen molar-refractivity contribution in [3.05, 3.63) is 59.7 Å². The average molecular weight is 352 g/mol. The first-order valence-electron chi connectivity index (χ1n) is 8.85. The van der Waals surface area contributed by atoms with E-state index in [9.17, 15) is 9.59 Å². The highest BCUT2D eigenvalue weighted by atomic mass is 16.5. The number of amides is 2. The maximum Gasteiger partial charge on any atom is 0.262 e. The predicted octanol–water partition coefficient (Wildman–Crippen LogP) is 3.50. The molecule has 5 nitrogen and oxygen atoms in total. The van der Waals surface area contributed by atoms with Crippen molar-refractivity contribution in [2.45, 2.75) is 38.6 Å². The molecule has 5 heteroatoms. The third kappa shape index (κ3) is 3.57. The number of hydrogen-bond donors (Lipinski definition) is 2. The molecule has 26 heavy (non-hydrogen) atoms. The summed E-state index contributed by atoms with van der Waals surface area (Å²) in [6.45, 7) is 6.32. The number of carbonyl (C=O) groups is 2. The fraction of sp³-hybridized carbons (Fsp3) is 0.333. The highest BCUT2D eigenvalue weighted by Gasteiger charge is 2.31. The quantitative estimate of drug-likeness (QED) is 0.865. The Morgan fingerprint density at radius 1 is 1.23 bits per heavy atom. The summed E-state index contributed by atoms with van der Waals surface area (Å²) in [6, 6.07) is 15.2. The Morgan fingerprint density at radius 3 is 2.65 bits per heavy atom. The molecule has 136 valence electrons. The van der Waals surface area contributed by atoms with Crippen molar-refractivity contribution in [3.8, 4) is 5.75 Å². The molecule has 1 aliphatic heterocycles. The number of fused-ring (bicyclic) bond motifs is 1. The molecule has 2 aromatic carbocycles. The van der Waals surface area contributed by atoms with E-state index < -0.39 is 0 Å². The van der Waals surface area contributed by atoms with Gasteiger partial charge in [-0.2, -0.15) is 0 Å². The van der Waals surface area contributed by atoms with Crippen LogP contribution < -0.4 is 15.4 Å². The molecule has 2 aromatic rings. The van der Waals surface area contributed by atoms with Gasteiger partial charge in [-0.15, -0.1) is 0 Å². The van der Waals surface area contributed by atoms with E-state index in [1.54, 1.807) is 18.2 Å². The molecule has 0 radical (unpaired) electrons. The number of rotatable bonds is 5. The first-order chi connectivity index (χ1) is 12.4. The molecule has 0 aliphatic carbocycles. The minimum Gasteiger partial charge on any atom is -0.482 e. The van der Waals surface area contributed by atoms with Crippen LogP contribution in [0.3, 0.4) is 0 Å². The third-order valence-corrected chi connectivity index (χ3v) is 4.98. The van der Waals surface area contributed by atoms with Crippen LogP contribution in [0.2, 0.25) is 0 Å². The van der Waals surface area contributed by atoms with E-state index >= 15 is 0 Å². The summed E-state index contributed by atoms with van der Waals surface area (Å²) in [4.78, 5) is 24.1. The van der Waals surface area contributed by atoms with Gasteiger partial charge in [-0.3, -0.25) is 9.59 Å². The van der Waals surface area contributed by atoms with Gasteiger partial charge < -0.3 is 15.4 Å². The van der Waals surface area contributed by atoms with Crippen LogP contribution in [-0.4, -0.2) is 24.5 Å². The molecule has 0 saturated heterocycles. The van der Waals surface area contributed by atoms with Gasteiger partial charge in [0.15, 0.2) is 6.61 Å². The van der Waals surface area contributed by atoms with Crippen LogP contribution in [0.15, 0.2) is 48.5 Å². The monoisotopic (exact) mass is 352 g/mol. The third-order valence-electron chi connectivity index (χ3n) is 4.98. The van der Waals surface area contributed by atoms with Gasteiger partial charge in [-0.1, -0.05) is 51.1 Å². The van der Waals surface area contributed by atoms with E-state index in [2.05, 4.69) is 43.5 Å². The van der Waals surface area contributed by atoms with Gasteiger partial charge in [-0.05, 0) is 30.2 Å². The fourth-order valence-corrected chi connectivity index (χ4v) is 3.32. The average Bonchev–Trinajstić information content (AvgIpc) is 2.66. The van der Waals surface area contributed by atoms with Crippen LogP contribution in [-0.2, 0) is 10.2 Å². The standard InChI is InChI=1S/C21H24N2O3/c1-4-18(21(2,3)15-8-6-5-7-9-15)23-20(25)14-10-11-16-17(12-14)26-13-19(24)22-16/h5-12,18H,4,13H2,1-3H3,(H,22,24)(H,23,25). The zero-order valence-electron chi connectivity index (χ0n) is 15.3. The van der Waals surface area contributed by atoms with Crippen LogP contribution >= 0.6 is 0 Å². The lowest BCUT2D eigenvalue weighted by molar-refractivity contribution is -0.118. The molecule has 1 aliphatic rings. The molecule has 0 fully saturated rings. The second-order valence-electron chi connectivity index (χ2n) is 7.07. The van der Waals surface area contributed by atoms with Crippen molar-refractivity contribution in [2.24, 2.45) is 0 Å². The molecule has 1 atom stereocenters. The van der Waals surface area contributed by atoms with Crippen LogP contribution in [0.1, 0.15) is 43.1 Å². The Hall–Kier alpha value is -2.82. The number of ether oxygens (including phenoxy) is 1. The van der Waals surface area contributed by atoms with E-state index in [-0.39, 0.29) is 29.9 Å². The highest BCUT2D eigenvalue weighted by Crippen LogP contribution is 2.31. The summed E-state index contributed by atoms with van der Waals surface area (Å²) < 4.78 is 5.40. The largest absolute Gasteiger partial charge is 0.482 e. The second-order valence-corrected chi connectivity index (χ2v) is 7.07. The summed E-state index contributed by atoms with van der Waals surface area (Å²) >= 11 is 0. The maximum absolute atomic E-state index is 12.8. The van der Waals surface area contributed by atoms with Crippen molar-refractivity contribution in [3.63, 3.8) is 0 Å². The fourth-order valence-electron chi connectivity index (χ4n) is 3.32. The second kappa shape index (κ2) is 7.20. The lowest BCUT2D eigenvalue weighted by Gasteiger charge is -2.35. The highest BCUT2D eigenvalue weighted by molar-refractivity contribution is 5.99. The van der Waals surface area contributed by atoms with Crippen molar-refractivity contribution < 1.29 is 14.3 Å². The molecule has 2 amide bonds. The summed E-state index contributed by atoms with van der Waals surface area (Å²) in [5.41, 5.74) is 2.09. The van der Waals surface area contributed by atoms with Crippen LogP contribution in [0, 0.1) is 0 Å². The van der Waals surface area contributed by atoms with Gasteiger partial charge in [-0.25, -0.2) is 0 Å². The Bertz CT molecular complexity index is 815. The molecule has 1 heterocycles. The number of anilines is 1. The summed E-state index contributed by atoms with van der Waals surface area (Å²) in [5, 5.41) is 5.88.